The Morgan fingerprint density at radius 3 is 2.39 bits per heavy atom. The van der Waals surface area contributed by atoms with Gasteiger partial charge in [0.1, 0.15) is 13.0 Å². The predicted molar refractivity (Wildman–Crippen MR) is 170 cm³/mol. The molecule has 2 amide bonds. The summed E-state index contributed by atoms with van der Waals surface area (Å²) in [6.07, 6.45) is 0.0144. The van der Waals surface area contributed by atoms with E-state index in [4.69, 9.17) is 22.9 Å². The molecule has 1 aliphatic heterocycles. The molecule has 1 fully saturated rings. The van der Waals surface area contributed by atoms with E-state index in [1.807, 2.05) is 36.4 Å². The highest BCUT2D eigenvalue weighted by molar-refractivity contribution is 6.28. The van der Waals surface area contributed by atoms with Crippen LogP contribution in [0.2, 0.25) is 5.28 Å². The molecule has 0 aliphatic carbocycles. The van der Waals surface area contributed by atoms with Crippen molar-refractivity contribution in [1.29, 1.82) is 0 Å². The molecule has 1 aliphatic rings. The zero-order valence-corrected chi connectivity index (χ0v) is 26.1. The molecule has 2 heterocycles. The number of benzene rings is 2. The van der Waals surface area contributed by atoms with Crippen molar-refractivity contribution in [3.05, 3.63) is 83.3 Å². The number of aromatic nitrogens is 3. The van der Waals surface area contributed by atoms with Crippen LogP contribution in [0.1, 0.15) is 25.0 Å². The largest absolute Gasteiger partial charge is 0.413 e. The highest BCUT2D eigenvalue weighted by atomic mass is 35.5. The van der Waals surface area contributed by atoms with Gasteiger partial charge in [-0.15, -0.1) is 0 Å². The number of ether oxygens (including phenoxy) is 1. The summed E-state index contributed by atoms with van der Waals surface area (Å²) in [5.41, 5.74) is 2.48. The van der Waals surface area contributed by atoms with Gasteiger partial charge in [0.05, 0.1) is 6.57 Å². The molecule has 230 valence electrons. The zero-order valence-electron chi connectivity index (χ0n) is 25.4. The highest BCUT2D eigenvalue weighted by Gasteiger charge is 2.29. The van der Waals surface area contributed by atoms with Crippen molar-refractivity contribution >= 4 is 46.9 Å². The molecule has 1 atom stereocenters. The van der Waals surface area contributed by atoms with Gasteiger partial charge in [0.25, 0.3) is 0 Å². The van der Waals surface area contributed by atoms with Crippen molar-refractivity contribution in [3.63, 3.8) is 0 Å². The van der Waals surface area contributed by atoms with Crippen LogP contribution in [0.3, 0.4) is 0 Å². The second-order valence-electron chi connectivity index (χ2n) is 11.4. The molecular weight excluding hydrogens is 582 g/mol. The fraction of sp³-hybridized carbons (Fsp3) is 0.387. The molecule has 12 nitrogen and oxygen atoms in total. The average Bonchev–Trinajstić information content (AvgIpc) is 2.96. The Balaban J connectivity index is 1.40. The van der Waals surface area contributed by atoms with Crippen LogP contribution in [-0.4, -0.2) is 93.6 Å². The number of piperazine rings is 1. The predicted octanol–water partition coefficient (Wildman–Crippen LogP) is 4.80. The van der Waals surface area contributed by atoms with E-state index in [1.165, 1.54) is 4.90 Å². The van der Waals surface area contributed by atoms with Gasteiger partial charge in [-0.2, -0.15) is 15.0 Å². The van der Waals surface area contributed by atoms with Gasteiger partial charge < -0.3 is 25.2 Å². The maximum Gasteiger partial charge on any atom is 0.413 e. The molecule has 3 aromatic rings. The summed E-state index contributed by atoms with van der Waals surface area (Å²) in [5, 5.41) is 6.27. The Morgan fingerprint density at radius 1 is 1.07 bits per heavy atom. The third-order valence-corrected chi connectivity index (χ3v) is 6.91. The summed E-state index contributed by atoms with van der Waals surface area (Å²) in [6, 6.07) is 14.3. The van der Waals surface area contributed by atoms with E-state index in [2.05, 4.69) is 42.3 Å². The lowest BCUT2D eigenvalue weighted by Crippen LogP contribution is -2.49. The average molecular weight is 619 g/mol. The van der Waals surface area contributed by atoms with Gasteiger partial charge in [-0.25, -0.2) is 9.64 Å². The maximum atomic E-state index is 13.0. The summed E-state index contributed by atoms with van der Waals surface area (Å²) in [7, 11) is 3.36. The van der Waals surface area contributed by atoms with Crippen LogP contribution >= 0.6 is 11.6 Å². The second-order valence-corrected chi connectivity index (χ2v) is 11.7. The molecule has 0 radical (unpaired) electrons. The van der Waals surface area contributed by atoms with Crippen LogP contribution in [0.5, 0.6) is 0 Å². The van der Waals surface area contributed by atoms with Crippen molar-refractivity contribution in [2.45, 2.75) is 38.5 Å². The lowest BCUT2D eigenvalue weighted by molar-refractivity contribution is -0.129. The third-order valence-electron chi connectivity index (χ3n) is 6.74. The molecule has 1 aromatic heterocycles. The Hall–Kier alpha value is -4.60. The van der Waals surface area contributed by atoms with Gasteiger partial charge >= 0.3 is 6.09 Å². The SMILES string of the molecule is [C-]#[N+]c1ccc(C[C@H](Nc2nc(Cl)nc(Nc3cccc(CN4CCN(C(=O)OC([CH2+])(C)C)CC4)c3)n2)C(=O)N(C)C)cc1. The van der Waals surface area contributed by atoms with Crippen molar-refractivity contribution in [2.75, 3.05) is 50.9 Å². The zero-order chi connectivity index (χ0) is 31.9. The lowest BCUT2D eigenvalue weighted by Gasteiger charge is -2.34. The first kappa shape index (κ1) is 32.3. The number of nitrogens with zero attached hydrogens (tertiary/aromatic N) is 7. The van der Waals surface area contributed by atoms with Gasteiger partial charge in [0.2, 0.25) is 28.7 Å². The lowest BCUT2D eigenvalue weighted by atomic mass is 10.0. The fourth-order valence-electron chi connectivity index (χ4n) is 4.60. The van der Waals surface area contributed by atoms with Crippen molar-refractivity contribution < 1.29 is 14.3 Å². The Morgan fingerprint density at radius 2 is 1.75 bits per heavy atom. The molecule has 2 N–H and O–H groups in total. The smallest absolute Gasteiger partial charge is 0.403 e. The van der Waals surface area contributed by atoms with E-state index >= 15 is 0 Å². The Bertz CT molecular complexity index is 1490. The number of rotatable bonds is 10. The molecule has 2 aromatic carbocycles. The number of likely N-dealkylation sites (N-methyl/N-ethyl adjacent to an activating group) is 1. The van der Waals surface area contributed by atoms with Crippen LogP contribution < -0.4 is 10.6 Å². The number of halogens is 1. The summed E-state index contributed by atoms with van der Waals surface area (Å²) < 4.78 is 5.39. The summed E-state index contributed by atoms with van der Waals surface area (Å²) >= 11 is 6.25. The van der Waals surface area contributed by atoms with Gasteiger partial charge in [-0.05, 0) is 34.9 Å². The van der Waals surface area contributed by atoms with E-state index in [9.17, 15) is 9.59 Å². The minimum atomic E-state index is -0.764. The highest BCUT2D eigenvalue weighted by Crippen LogP contribution is 2.21. The summed E-state index contributed by atoms with van der Waals surface area (Å²) in [4.78, 5) is 47.1. The standard InChI is InChI=1S/C31H37ClN9O3/c1-31(2,3)44-30(43)41-16-14-40(15-17-41)20-22-8-7-9-24(18-22)34-28-36-27(32)37-29(38-28)35-25(26(42)39(5)6)19-21-10-12-23(33-4)13-11-21/h7-13,18,25H,1,14-17,19-20H2,2-3,5-6H3,(H2,34,35,36,37,38)/q+1/t25-/m0/s1. The molecule has 0 bridgehead atoms. The first-order valence-electron chi connectivity index (χ1n) is 14.2. The summed E-state index contributed by atoms with van der Waals surface area (Å²) in [5.74, 6) is 0.213. The van der Waals surface area contributed by atoms with Crippen LogP contribution in [0, 0.1) is 13.5 Å². The van der Waals surface area contributed by atoms with Crippen LogP contribution in [-0.2, 0) is 22.5 Å². The number of carbonyl (C=O) groups excluding carboxylic acids is 2. The minimum absolute atomic E-state index is 0.0303. The number of nitrogens with one attached hydrogen (secondary N) is 2. The summed E-state index contributed by atoms with van der Waals surface area (Å²) in [6.45, 7) is 17.8. The van der Waals surface area contributed by atoms with E-state index in [1.54, 1.807) is 45.0 Å². The molecule has 13 heteroatoms. The number of hydrogen-bond donors (Lipinski definition) is 2. The van der Waals surface area contributed by atoms with Gasteiger partial charge in [0.15, 0.2) is 5.69 Å². The van der Waals surface area contributed by atoms with Crippen LogP contribution in [0.25, 0.3) is 4.85 Å². The number of anilines is 3. The van der Waals surface area contributed by atoms with E-state index in [0.717, 1.165) is 29.9 Å². The monoisotopic (exact) mass is 618 g/mol. The molecular formula is C31H37ClN9O3+. The van der Waals surface area contributed by atoms with Crippen molar-refractivity contribution in [2.24, 2.45) is 0 Å². The Labute approximate surface area is 263 Å². The number of carbonyl (C=O) groups is 2. The second kappa shape index (κ2) is 14.2. The topological polar surface area (TPSA) is 120 Å². The first-order valence-corrected chi connectivity index (χ1v) is 14.5. The number of amides is 2. The number of hydrogen-bond acceptors (Lipinski definition) is 9. The molecule has 0 saturated carbocycles. The molecule has 1 saturated heterocycles. The van der Waals surface area contributed by atoms with E-state index < -0.39 is 11.6 Å². The molecule has 0 unspecified atom stereocenters. The van der Waals surface area contributed by atoms with Gasteiger partial charge in [0, 0.05) is 72.8 Å². The van der Waals surface area contributed by atoms with Crippen LogP contribution in [0.15, 0.2) is 48.5 Å². The van der Waals surface area contributed by atoms with Gasteiger partial charge in [-0.3, -0.25) is 9.69 Å². The first-order chi connectivity index (χ1) is 20.9. The molecule has 4 rings (SSSR count). The maximum absolute atomic E-state index is 13.0. The molecule has 0 spiro atoms. The third kappa shape index (κ3) is 9.45. The van der Waals surface area contributed by atoms with Crippen molar-refractivity contribution in [1.82, 2.24) is 29.7 Å². The Kier molecular flexibility index (Phi) is 10.5. The van der Waals surface area contributed by atoms with Gasteiger partial charge in [-0.1, -0.05) is 36.4 Å². The van der Waals surface area contributed by atoms with E-state index in [0.29, 0.717) is 31.7 Å². The minimum Gasteiger partial charge on any atom is -0.403 e. The normalized spacial score (nSPS) is 14.3. The van der Waals surface area contributed by atoms with Crippen molar-refractivity contribution in [3.8, 4) is 0 Å². The fourth-order valence-corrected chi connectivity index (χ4v) is 4.76. The molecule has 44 heavy (non-hydrogen) atoms. The quantitative estimate of drug-likeness (QED) is 0.309. The van der Waals surface area contributed by atoms with E-state index in [-0.39, 0.29) is 29.2 Å². The van der Waals surface area contributed by atoms with Crippen LogP contribution in [0.4, 0.5) is 28.1 Å².